The second-order valence-corrected chi connectivity index (χ2v) is 6.06. The molecule has 1 amide bonds. The average Bonchev–Trinajstić information content (AvgIpc) is 2.65. The Labute approximate surface area is 156 Å². The number of carbonyl (C=O) groups is 3. The van der Waals surface area contributed by atoms with Crippen LogP contribution in [0, 0.1) is 0 Å². The van der Waals surface area contributed by atoms with E-state index in [1.54, 1.807) is 12.1 Å². The zero-order valence-corrected chi connectivity index (χ0v) is 15.0. The summed E-state index contributed by atoms with van der Waals surface area (Å²) in [5.41, 5.74) is 0.218. The van der Waals surface area contributed by atoms with Crippen LogP contribution in [0.1, 0.15) is 52.5 Å². The fourth-order valence-electron chi connectivity index (χ4n) is 2.51. The van der Waals surface area contributed by atoms with E-state index in [1.807, 2.05) is 19.1 Å². The number of hydrogen-bond donors (Lipinski definition) is 1. The molecular weight excluding hydrogens is 350 g/mol. The van der Waals surface area contributed by atoms with Crippen LogP contribution < -0.4 is 20.3 Å². The van der Waals surface area contributed by atoms with Crippen molar-refractivity contribution in [1.82, 2.24) is 0 Å². The summed E-state index contributed by atoms with van der Waals surface area (Å²) in [5, 5.41) is 24.4. The van der Waals surface area contributed by atoms with Gasteiger partial charge in [-0.25, -0.2) is 0 Å². The molecule has 0 saturated carbocycles. The second-order valence-electron chi connectivity index (χ2n) is 6.06. The topological polar surface area (TPSA) is 119 Å². The van der Waals surface area contributed by atoms with Gasteiger partial charge in [0.15, 0.2) is 6.61 Å². The number of amides is 1. The van der Waals surface area contributed by atoms with E-state index in [4.69, 9.17) is 4.74 Å². The second kappa shape index (κ2) is 8.84. The van der Waals surface area contributed by atoms with Crippen molar-refractivity contribution in [3.63, 3.8) is 0 Å². The fraction of sp³-hybridized carbons (Fsp3) is 0.250. The van der Waals surface area contributed by atoms with Crippen molar-refractivity contribution in [2.45, 2.75) is 26.2 Å². The van der Waals surface area contributed by atoms with E-state index in [0.29, 0.717) is 5.75 Å². The molecule has 1 N–H and O–H groups in total. The molecule has 142 valence electrons. The molecule has 0 aliphatic carbocycles. The largest absolute Gasteiger partial charge is 0.545 e. The molecule has 0 heterocycles. The molecule has 0 bridgehead atoms. The van der Waals surface area contributed by atoms with E-state index < -0.39 is 17.8 Å². The molecule has 0 aliphatic heterocycles. The lowest BCUT2D eigenvalue weighted by Gasteiger charge is -2.16. The maximum Gasteiger partial charge on any atom is 0.262 e. The first-order chi connectivity index (χ1) is 12.8. The number of carboxylic acid groups (broad SMARTS) is 2. The molecule has 0 radical (unpaired) electrons. The zero-order chi connectivity index (χ0) is 20.0. The molecule has 7 nitrogen and oxygen atoms in total. The molecule has 0 aliphatic rings. The van der Waals surface area contributed by atoms with Crippen LogP contribution in [0.2, 0.25) is 0 Å². The van der Waals surface area contributed by atoms with Crippen molar-refractivity contribution in [3.05, 3.63) is 59.2 Å². The van der Waals surface area contributed by atoms with Crippen molar-refractivity contribution in [3.8, 4) is 5.75 Å². The Kier molecular flexibility index (Phi) is 6.54. The van der Waals surface area contributed by atoms with Crippen LogP contribution in [-0.4, -0.2) is 24.5 Å². The van der Waals surface area contributed by atoms with E-state index in [-0.39, 0.29) is 29.3 Å². The number of para-hydroxylation sites is 1. The number of aromatic carboxylic acids is 2. The van der Waals surface area contributed by atoms with Crippen molar-refractivity contribution >= 4 is 23.5 Å². The Morgan fingerprint density at radius 1 is 1.04 bits per heavy atom. The first kappa shape index (κ1) is 20.0. The van der Waals surface area contributed by atoms with Gasteiger partial charge in [0.2, 0.25) is 0 Å². The van der Waals surface area contributed by atoms with Crippen LogP contribution in [0.25, 0.3) is 0 Å². The van der Waals surface area contributed by atoms with Gasteiger partial charge < -0.3 is 29.9 Å². The van der Waals surface area contributed by atoms with E-state index in [9.17, 15) is 24.6 Å². The minimum absolute atomic E-state index is 0.000267. The number of rotatable bonds is 8. The van der Waals surface area contributed by atoms with Crippen LogP contribution in [0.4, 0.5) is 5.69 Å². The molecule has 0 unspecified atom stereocenters. The first-order valence-electron chi connectivity index (χ1n) is 8.41. The van der Waals surface area contributed by atoms with Gasteiger partial charge >= 0.3 is 0 Å². The summed E-state index contributed by atoms with van der Waals surface area (Å²) in [6.07, 6.45) is 0.911. The van der Waals surface area contributed by atoms with Gasteiger partial charge in [-0.05, 0) is 53.3 Å². The summed E-state index contributed by atoms with van der Waals surface area (Å²) in [4.78, 5) is 34.1. The van der Waals surface area contributed by atoms with Gasteiger partial charge in [0.1, 0.15) is 5.75 Å². The standard InChI is InChI=1S/C20H21NO6/c1-3-12(2)16-6-4-5-7-17(16)27-11-18(22)21-15-9-13(19(23)24)8-14(10-15)20(25)26/h4-10,12H,3,11H2,1-2H3,(H,21,22)(H,23,24)(H,25,26)/p-2/t12-/m1/s1. The van der Waals surface area contributed by atoms with Gasteiger partial charge in [0, 0.05) is 5.69 Å². The Morgan fingerprint density at radius 2 is 1.63 bits per heavy atom. The summed E-state index contributed by atoms with van der Waals surface area (Å²) < 4.78 is 5.58. The highest BCUT2D eigenvalue weighted by Crippen LogP contribution is 2.28. The van der Waals surface area contributed by atoms with Crippen LogP contribution in [0.3, 0.4) is 0 Å². The van der Waals surface area contributed by atoms with Crippen LogP contribution in [-0.2, 0) is 4.79 Å². The number of anilines is 1. The maximum absolute atomic E-state index is 12.1. The molecule has 0 fully saturated rings. The number of carboxylic acids is 2. The predicted octanol–water partition coefficient (Wildman–Crippen LogP) is 0.945. The minimum atomic E-state index is -1.56. The summed E-state index contributed by atoms with van der Waals surface area (Å²) in [6, 6.07) is 10.5. The highest BCUT2D eigenvalue weighted by molar-refractivity contribution is 5.97. The van der Waals surface area contributed by atoms with Crippen molar-refractivity contribution in [2.75, 3.05) is 11.9 Å². The summed E-state index contributed by atoms with van der Waals surface area (Å²) in [6.45, 7) is 3.78. The number of benzene rings is 2. The van der Waals surface area contributed by atoms with Gasteiger partial charge in [-0.1, -0.05) is 32.0 Å². The first-order valence-corrected chi connectivity index (χ1v) is 8.41. The Hall–Kier alpha value is -3.35. The number of nitrogens with one attached hydrogen (secondary N) is 1. The third-order valence-corrected chi connectivity index (χ3v) is 4.11. The van der Waals surface area contributed by atoms with Crippen LogP contribution in [0.5, 0.6) is 5.75 Å². The normalized spacial score (nSPS) is 11.5. The number of hydrogen-bond acceptors (Lipinski definition) is 6. The molecular formula is C20H19NO6-2. The predicted molar refractivity (Wildman–Crippen MR) is 94.4 cm³/mol. The molecule has 1 atom stereocenters. The zero-order valence-electron chi connectivity index (χ0n) is 15.0. The quantitative estimate of drug-likeness (QED) is 0.740. The molecule has 2 aromatic carbocycles. The minimum Gasteiger partial charge on any atom is -0.545 e. The third-order valence-electron chi connectivity index (χ3n) is 4.11. The summed E-state index contributed by atoms with van der Waals surface area (Å²) in [7, 11) is 0. The summed E-state index contributed by atoms with van der Waals surface area (Å²) in [5.74, 6) is -2.84. The van der Waals surface area contributed by atoms with Gasteiger partial charge in [0.25, 0.3) is 5.91 Å². The Balaban J connectivity index is 2.11. The SMILES string of the molecule is CC[C@@H](C)c1ccccc1OCC(=O)Nc1cc(C(=O)[O-])cc(C(=O)[O-])c1. The molecule has 2 aromatic rings. The van der Waals surface area contributed by atoms with E-state index in [0.717, 1.165) is 30.2 Å². The van der Waals surface area contributed by atoms with Gasteiger partial charge in [0.05, 0.1) is 11.9 Å². The molecule has 2 rings (SSSR count). The van der Waals surface area contributed by atoms with E-state index in [1.165, 1.54) is 0 Å². The lowest BCUT2D eigenvalue weighted by Crippen LogP contribution is -2.27. The molecule has 7 heteroatoms. The molecule has 27 heavy (non-hydrogen) atoms. The van der Waals surface area contributed by atoms with Crippen molar-refractivity contribution in [2.24, 2.45) is 0 Å². The summed E-state index contributed by atoms with van der Waals surface area (Å²) >= 11 is 0. The fourth-order valence-corrected chi connectivity index (χ4v) is 2.51. The van der Waals surface area contributed by atoms with Crippen molar-refractivity contribution < 1.29 is 29.3 Å². The lowest BCUT2D eigenvalue weighted by molar-refractivity contribution is -0.255. The van der Waals surface area contributed by atoms with Crippen molar-refractivity contribution in [1.29, 1.82) is 0 Å². The highest BCUT2D eigenvalue weighted by Gasteiger charge is 2.12. The maximum atomic E-state index is 12.1. The van der Waals surface area contributed by atoms with Crippen LogP contribution in [0.15, 0.2) is 42.5 Å². The smallest absolute Gasteiger partial charge is 0.262 e. The Morgan fingerprint density at radius 3 is 2.19 bits per heavy atom. The lowest BCUT2D eigenvalue weighted by atomic mass is 9.98. The molecule has 0 saturated heterocycles. The third kappa shape index (κ3) is 5.31. The van der Waals surface area contributed by atoms with Gasteiger partial charge in [-0.15, -0.1) is 0 Å². The number of ether oxygens (including phenoxy) is 1. The monoisotopic (exact) mass is 369 g/mol. The van der Waals surface area contributed by atoms with Gasteiger partial charge in [-0.2, -0.15) is 0 Å². The van der Waals surface area contributed by atoms with Crippen LogP contribution >= 0.6 is 0 Å². The average molecular weight is 369 g/mol. The van der Waals surface area contributed by atoms with E-state index >= 15 is 0 Å². The highest BCUT2D eigenvalue weighted by atomic mass is 16.5. The Bertz CT molecular complexity index is 829. The molecule has 0 spiro atoms. The van der Waals surface area contributed by atoms with E-state index in [2.05, 4.69) is 12.2 Å². The number of carbonyl (C=O) groups excluding carboxylic acids is 3. The van der Waals surface area contributed by atoms with Gasteiger partial charge in [-0.3, -0.25) is 4.79 Å². The molecule has 0 aromatic heterocycles.